The van der Waals surface area contributed by atoms with Crippen molar-refractivity contribution in [1.82, 2.24) is 15.1 Å². The van der Waals surface area contributed by atoms with Crippen LogP contribution in [0, 0.1) is 0 Å². The van der Waals surface area contributed by atoms with Crippen molar-refractivity contribution in [2.45, 2.75) is 45.4 Å². The lowest BCUT2D eigenvalue weighted by Crippen LogP contribution is -2.35. The molecule has 1 amide bonds. The Morgan fingerprint density at radius 1 is 1.24 bits per heavy atom. The monoisotopic (exact) mass is 467 g/mol. The second kappa shape index (κ2) is 9.24. The van der Waals surface area contributed by atoms with Gasteiger partial charge < -0.3 is 20.1 Å². The van der Waals surface area contributed by atoms with Crippen LogP contribution in [-0.4, -0.2) is 34.6 Å². The predicted octanol–water partition coefficient (Wildman–Crippen LogP) is 4.82. The Bertz CT molecular complexity index is 1040. The maximum Gasteiger partial charge on any atom is 0.422 e. The highest BCUT2D eigenvalue weighted by molar-refractivity contribution is 5.76. The fourth-order valence-corrected chi connectivity index (χ4v) is 3.53. The van der Waals surface area contributed by atoms with Gasteiger partial charge in [0.25, 0.3) is 0 Å². The van der Waals surface area contributed by atoms with Crippen molar-refractivity contribution in [2.75, 3.05) is 23.7 Å². The summed E-state index contributed by atoms with van der Waals surface area (Å²) in [5, 5.41) is 6.54. The fraction of sp³-hybridized carbons (Fsp3) is 0.455. The van der Waals surface area contributed by atoms with E-state index in [-0.39, 0.29) is 29.5 Å². The number of nitrogens with one attached hydrogen (secondary N) is 1. The van der Waals surface area contributed by atoms with E-state index in [0.717, 1.165) is 5.57 Å². The van der Waals surface area contributed by atoms with Crippen molar-refractivity contribution < 1.29 is 27.4 Å². The first-order valence-electron chi connectivity index (χ1n) is 10.4. The van der Waals surface area contributed by atoms with E-state index in [1.165, 1.54) is 29.1 Å². The van der Waals surface area contributed by atoms with Gasteiger partial charge in [0, 0.05) is 38.6 Å². The van der Waals surface area contributed by atoms with Crippen LogP contribution in [-0.2, 0) is 18.0 Å². The molecule has 0 atom stereocenters. The number of nitrogens with two attached hydrogens (primary N) is 1. The standard InChI is InChI=1S/C22H28F3N5O3/c1-21(2,3)33-20(31)27-12-14-6-5-10-30(13-14)19-15(26)7-8-16(18(19)22(23,24)25)32-17-9-11-29(4)28-17/h7-9,11-12H,5-6,10,13,26H2,1-4H3,(H,27,31)/b14-12-. The minimum absolute atomic E-state index is 0.0166. The third kappa shape index (κ3) is 6.33. The lowest BCUT2D eigenvalue weighted by atomic mass is 10.0. The van der Waals surface area contributed by atoms with Crippen molar-refractivity contribution in [3.8, 4) is 11.6 Å². The number of hydrogen-bond donors (Lipinski definition) is 2. The number of anilines is 2. The van der Waals surface area contributed by atoms with Gasteiger partial charge in [0.05, 0.1) is 11.4 Å². The molecule has 0 bridgehead atoms. The molecule has 0 saturated carbocycles. The molecule has 1 saturated heterocycles. The molecule has 1 aromatic heterocycles. The largest absolute Gasteiger partial charge is 0.444 e. The molecule has 2 heterocycles. The average molecular weight is 467 g/mol. The van der Waals surface area contributed by atoms with Crippen LogP contribution in [0.1, 0.15) is 39.2 Å². The van der Waals surface area contributed by atoms with Gasteiger partial charge in [0.15, 0.2) is 0 Å². The Balaban J connectivity index is 1.90. The normalized spacial score (nSPS) is 16.1. The molecular formula is C22H28F3N5O3. The highest BCUT2D eigenvalue weighted by Gasteiger charge is 2.40. The lowest BCUT2D eigenvalue weighted by molar-refractivity contribution is -0.138. The highest BCUT2D eigenvalue weighted by atomic mass is 19.4. The van der Waals surface area contributed by atoms with E-state index in [4.69, 9.17) is 15.2 Å². The summed E-state index contributed by atoms with van der Waals surface area (Å²) in [6.07, 6.45) is -1.08. The molecule has 0 aliphatic carbocycles. The maximum atomic E-state index is 14.2. The number of amides is 1. The molecule has 33 heavy (non-hydrogen) atoms. The summed E-state index contributed by atoms with van der Waals surface area (Å²) in [6, 6.07) is 4.06. The number of nitrogen functional groups attached to an aromatic ring is 1. The van der Waals surface area contributed by atoms with Crippen LogP contribution in [0.25, 0.3) is 0 Å². The molecular weight excluding hydrogens is 439 g/mol. The summed E-state index contributed by atoms with van der Waals surface area (Å²) < 4.78 is 54.7. The summed E-state index contributed by atoms with van der Waals surface area (Å²) in [6.45, 7) is 5.75. The van der Waals surface area contributed by atoms with Crippen LogP contribution in [0.2, 0.25) is 0 Å². The topological polar surface area (TPSA) is 94.6 Å². The molecule has 2 aromatic rings. The number of aromatic nitrogens is 2. The molecule has 0 spiro atoms. The summed E-state index contributed by atoms with van der Waals surface area (Å²) in [4.78, 5) is 13.5. The Kier molecular flexibility index (Phi) is 6.80. The first-order chi connectivity index (χ1) is 15.3. The smallest absolute Gasteiger partial charge is 0.422 e. The number of alkyl halides is 3. The van der Waals surface area contributed by atoms with Gasteiger partial charge in [0.2, 0.25) is 5.88 Å². The van der Waals surface area contributed by atoms with Crippen molar-refractivity contribution in [1.29, 1.82) is 0 Å². The number of benzene rings is 1. The lowest BCUT2D eigenvalue weighted by Gasteiger charge is -2.34. The Labute approximate surface area is 190 Å². The molecule has 1 aliphatic rings. The molecule has 8 nitrogen and oxygen atoms in total. The first kappa shape index (κ1) is 24.3. The number of piperidine rings is 1. The van der Waals surface area contributed by atoms with E-state index in [9.17, 15) is 18.0 Å². The summed E-state index contributed by atoms with van der Waals surface area (Å²) in [7, 11) is 1.64. The zero-order valence-corrected chi connectivity index (χ0v) is 19.0. The zero-order valence-electron chi connectivity index (χ0n) is 19.0. The van der Waals surface area contributed by atoms with E-state index >= 15 is 0 Å². The maximum absolute atomic E-state index is 14.2. The van der Waals surface area contributed by atoms with E-state index in [1.807, 2.05) is 0 Å². The van der Waals surface area contributed by atoms with Crippen molar-refractivity contribution in [3.05, 3.63) is 41.7 Å². The van der Waals surface area contributed by atoms with Crippen LogP contribution in [0.4, 0.5) is 29.3 Å². The minimum atomic E-state index is -4.72. The molecule has 1 aromatic carbocycles. The van der Waals surface area contributed by atoms with E-state index in [2.05, 4.69) is 10.4 Å². The van der Waals surface area contributed by atoms with Crippen LogP contribution < -0.4 is 20.7 Å². The van der Waals surface area contributed by atoms with E-state index in [1.54, 1.807) is 38.9 Å². The number of halogens is 3. The van der Waals surface area contributed by atoms with Gasteiger partial charge >= 0.3 is 12.3 Å². The molecule has 1 fully saturated rings. The number of carbonyl (C=O) groups excluding carboxylic acids is 1. The summed E-state index contributed by atoms with van der Waals surface area (Å²) in [5.41, 5.74) is 4.98. The number of nitrogens with zero attached hydrogens (tertiary/aromatic N) is 3. The van der Waals surface area contributed by atoms with Crippen LogP contribution in [0.5, 0.6) is 11.6 Å². The quantitative estimate of drug-likeness (QED) is 0.626. The molecule has 11 heteroatoms. The highest BCUT2D eigenvalue weighted by Crippen LogP contribution is 2.47. The molecule has 1 aliphatic heterocycles. The predicted molar refractivity (Wildman–Crippen MR) is 118 cm³/mol. The van der Waals surface area contributed by atoms with Gasteiger partial charge in [-0.05, 0) is 51.3 Å². The van der Waals surface area contributed by atoms with Gasteiger partial charge in [0.1, 0.15) is 16.9 Å². The first-order valence-corrected chi connectivity index (χ1v) is 10.4. The minimum Gasteiger partial charge on any atom is -0.444 e. The van der Waals surface area contributed by atoms with E-state index < -0.39 is 23.4 Å². The number of carbonyl (C=O) groups is 1. The SMILES string of the molecule is Cn1ccc(Oc2ccc(N)c(N3CCC/C(=C/NC(=O)OC(C)(C)C)C3)c2C(F)(F)F)n1. The third-order valence-electron chi connectivity index (χ3n) is 4.79. The molecule has 3 N–H and O–H groups in total. The van der Waals surface area contributed by atoms with Crippen LogP contribution in [0.15, 0.2) is 36.2 Å². The van der Waals surface area contributed by atoms with Gasteiger partial charge in [-0.15, -0.1) is 5.10 Å². The second-order valence-corrected chi connectivity index (χ2v) is 8.78. The molecule has 0 unspecified atom stereocenters. The number of alkyl carbamates (subject to hydrolysis) is 1. The second-order valence-electron chi connectivity index (χ2n) is 8.78. The number of aryl methyl sites for hydroxylation is 1. The molecule has 3 rings (SSSR count). The van der Waals surface area contributed by atoms with Gasteiger partial charge in [-0.2, -0.15) is 13.2 Å². The van der Waals surface area contributed by atoms with Crippen LogP contribution >= 0.6 is 0 Å². The zero-order chi connectivity index (χ0) is 24.4. The number of rotatable bonds is 4. The summed E-state index contributed by atoms with van der Waals surface area (Å²) >= 11 is 0. The number of ether oxygens (including phenoxy) is 2. The molecule has 0 radical (unpaired) electrons. The average Bonchev–Trinajstić information content (AvgIpc) is 3.10. The van der Waals surface area contributed by atoms with Crippen LogP contribution in [0.3, 0.4) is 0 Å². The fourth-order valence-electron chi connectivity index (χ4n) is 3.53. The summed E-state index contributed by atoms with van der Waals surface area (Å²) in [5.74, 6) is -0.340. The third-order valence-corrected chi connectivity index (χ3v) is 4.79. The Hall–Kier alpha value is -3.37. The van der Waals surface area contributed by atoms with Crippen molar-refractivity contribution in [2.24, 2.45) is 7.05 Å². The van der Waals surface area contributed by atoms with E-state index in [0.29, 0.717) is 19.4 Å². The van der Waals surface area contributed by atoms with Crippen molar-refractivity contribution in [3.63, 3.8) is 0 Å². The Morgan fingerprint density at radius 2 is 1.97 bits per heavy atom. The number of hydrogen-bond acceptors (Lipinski definition) is 6. The van der Waals surface area contributed by atoms with Gasteiger partial charge in [-0.1, -0.05) is 0 Å². The Morgan fingerprint density at radius 3 is 2.58 bits per heavy atom. The van der Waals surface area contributed by atoms with Gasteiger partial charge in [-0.25, -0.2) is 4.79 Å². The van der Waals surface area contributed by atoms with Gasteiger partial charge in [-0.3, -0.25) is 10.00 Å². The van der Waals surface area contributed by atoms with Crippen molar-refractivity contribution >= 4 is 17.5 Å². The molecule has 180 valence electrons.